The van der Waals surface area contributed by atoms with E-state index < -0.39 is 6.10 Å². The topological polar surface area (TPSA) is 68.2 Å². The highest BCUT2D eigenvalue weighted by Gasteiger charge is 2.00. The van der Waals surface area contributed by atoms with Crippen LogP contribution in [0, 0.1) is 0 Å². The molecule has 0 fully saturated rings. The molecule has 5 nitrogen and oxygen atoms in total. The molecule has 0 aliphatic rings. The Kier molecular flexibility index (Phi) is 9.73. The van der Waals surface area contributed by atoms with Crippen LogP contribution in [-0.4, -0.2) is 56.6 Å². The highest BCUT2D eigenvalue weighted by molar-refractivity contribution is 4.49. The molecule has 5 heteroatoms. The van der Waals surface area contributed by atoms with Crippen molar-refractivity contribution < 1.29 is 24.4 Å². The third-order valence-corrected chi connectivity index (χ3v) is 1.40. The number of aliphatic hydroxyl groups is 2. The van der Waals surface area contributed by atoms with Crippen LogP contribution < -0.4 is 0 Å². The molecule has 13 heavy (non-hydrogen) atoms. The third kappa shape index (κ3) is 9.72. The first-order valence-electron chi connectivity index (χ1n) is 4.24. The fraction of sp³-hybridized carbons (Fsp3) is 1.00. The van der Waals surface area contributed by atoms with Gasteiger partial charge in [0.25, 0.3) is 0 Å². The van der Waals surface area contributed by atoms with Crippen LogP contribution >= 0.6 is 0 Å². The van der Waals surface area contributed by atoms with Crippen molar-refractivity contribution in [2.75, 3.05) is 40.3 Å². The summed E-state index contributed by atoms with van der Waals surface area (Å²) in [5.41, 5.74) is 0. The zero-order chi connectivity index (χ0) is 9.94. The predicted octanol–water partition coefficient (Wildman–Crippen LogP) is -0.633. The van der Waals surface area contributed by atoms with E-state index in [1.54, 1.807) is 7.11 Å². The summed E-state index contributed by atoms with van der Waals surface area (Å²) in [6, 6.07) is 0. The van der Waals surface area contributed by atoms with Crippen molar-refractivity contribution in [3.8, 4) is 0 Å². The van der Waals surface area contributed by atoms with Crippen LogP contribution in [0.2, 0.25) is 0 Å². The second-order valence-electron chi connectivity index (χ2n) is 2.55. The zero-order valence-electron chi connectivity index (χ0n) is 7.94. The minimum atomic E-state index is -0.695. The van der Waals surface area contributed by atoms with Gasteiger partial charge in [-0.3, -0.25) is 0 Å². The zero-order valence-corrected chi connectivity index (χ0v) is 7.94. The number of hydrogen-bond acceptors (Lipinski definition) is 5. The number of hydrogen-bond donors (Lipinski definition) is 2. The average molecular weight is 194 g/mol. The lowest BCUT2D eigenvalue weighted by Gasteiger charge is -2.07. The second-order valence-corrected chi connectivity index (χ2v) is 2.55. The summed E-state index contributed by atoms with van der Waals surface area (Å²) in [5.74, 6) is 0. The predicted molar refractivity (Wildman–Crippen MR) is 46.4 cm³/mol. The van der Waals surface area contributed by atoms with E-state index in [2.05, 4.69) is 0 Å². The Bertz CT molecular complexity index is 98.5. The Hall–Kier alpha value is -0.200. The van der Waals surface area contributed by atoms with Gasteiger partial charge in [0.15, 0.2) is 0 Å². The van der Waals surface area contributed by atoms with Crippen LogP contribution in [0.1, 0.15) is 6.42 Å². The molecule has 0 aliphatic heterocycles. The first-order valence-corrected chi connectivity index (χ1v) is 4.24. The maximum atomic E-state index is 8.91. The molecule has 0 aliphatic carbocycles. The van der Waals surface area contributed by atoms with E-state index >= 15 is 0 Å². The van der Waals surface area contributed by atoms with E-state index in [9.17, 15) is 0 Å². The van der Waals surface area contributed by atoms with Gasteiger partial charge in [-0.1, -0.05) is 0 Å². The summed E-state index contributed by atoms with van der Waals surface area (Å²) in [5, 5.41) is 17.4. The average Bonchev–Trinajstić information content (AvgIpc) is 2.16. The normalized spacial score (nSPS) is 13.2. The minimum Gasteiger partial charge on any atom is -0.394 e. The fourth-order valence-corrected chi connectivity index (χ4v) is 0.630. The Morgan fingerprint density at radius 1 is 1.15 bits per heavy atom. The molecule has 0 saturated carbocycles. The van der Waals surface area contributed by atoms with Crippen molar-refractivity contribution in [3.05, 3.63) is 0 Å². The number of rotatable bonds is 9. The molecule has 0 aromatic heterocycles. The Labute approximate surface area is 78.2 Å². The molecule has 0 heterocycles. The van der Waals surface area contributed by atoms with Crippen LogP contribution in [0.5, 0.6) is 0 Å². The summed E-state index contributed by atoms with van der Waals surface area (Å²) in [6.07, 6.45) is -0.275. The molecule has 0 unspecified atom stereocenters. The van der Waals surface area contributed by atoms with Crippen molar-refractivity contribution >= 4 is 0 Å². The smallest absolute Gasteiger partial charge is 0.146 e. The van der Waals surface area contributed by atoms with E-state index in [0.717, 1.165) is 0 Å². The molecule has 0 rings (SSSR count). The number of ether oxygens (including phenoxy) is 3. The SMILES string of the molecule is COCCOCOCC[C@@H](O)CO. The highest BCUT2D eigenvalue weighted by atomic mass is 16.7. The van der Waals surface area contributed by atoms with Crippen molar-refractivity contribution in [2.24, 2.45) is 0 Å². The van der Waals surface area contributed by atoms with E-state index in [1.165, 1.54) is 0 Å². The van der Waals surface area contributed by atoms with Crippen molar-refractivity contribution in [1.82, 2.24) is 0 Å². The van der Waals surface area contributed by atoms with Crippen LogP contribution in [0.3, 0.4) is 0 Å². The molecular formula is C8H18O5. The quantitative estimate of drug-likeness (QED) is 0.378. The lowest BCUT2D eigenvalue weighted by atomic mass is 10.3. The molecule has 1 atom stereocenters. The molecule has 80 valence electrons. The second kappa shape index (κ2) is 9.88. The van der Waals surface area contributed by atoms with Gasteiger partial charge < -0.3 is 24.4 Å². The van der Waals surface area contributed by atoms with Crippen LogP contribution in [0.25, 0.3) is 0 Å². The Morgan fingerprint density at radius 3 is 2.46 bits per heavy atom. The van der Waals surface area contributed by atoms with Crippen molar-refractivity contribution in [1.29, 1.82) is 0 Å². The van der Waals surface area contributed by atoms with Gasteiger partial charge in [0.05, 0.1) is 32.5 Å². The molecule has 0 aromatic rings. The van der Waals surface area contributed by atoms with Gasteiger partial charge in [-0.15, -0.1) is 0 Å². The molecule has 0 bridgehead atoms. The summed E-state index contributed by atoms with van der Waals surface area (Å²) < 4.78 is 14.8. The summed E-state index contributed by atoms with van der Waals surface area (Å²) in [6.45, 7) is 1.39. The first-order chi connectivity index (χ1) is 6.31. The summed E-state index contributed by atoms with van der Waals surface area (Å²) >= 11 is 0. The fourth-order valence-electron chi connectivity index (χ4n) is 0.630. The molecule has 2 N–H and O–H groups in total. The van der Waals surface area contributed by atoms with Gasteiger partial charge in [0.2, 0.25) is 0 Å². The Balaban J connectivity index is 2.91. The van der Waals surface area contributed by atoms with Gasteiger partial charge >= 0.3 is 0 Å². The van der Waals surface area contributed by atoms with Gasteiger partial charge in [0.1, 0.15) is 6.79 Å². The minimum absolute atomic E-state index is 0.196. The van der Waals surface area contributed by atoms with Gasteiger partial charge in [0, 0.05) is 7.11 Å². The monoisotopic (exact) mass is 194 g/mol. The van der Waals surface area contributed by atoms with Crippen molar-refractivity contribution in [2.45, 2.75) is 12.5 Å². The molecule has 0 amide bonds. The maximum Gasteiger partial charge on any atom is 0.146 e. The van der Waals surface area contributed by atoms with Crippen molar-refractivity contribution in [3.63, 3.8) is 0 Å². The largest absolute Gasteiger partial charge is 0.394 e. The van der Waals surface area contributed by atoms with E-state index in [4.69, 9.17) is 24.4 Å². The lowest BCUT2D eigenvalue weighted by Crippen LogP contribution is -2.15. The molecule has 0 saturated heterocycles. The maximum absolute atomic E-state index is 8.91. The molecule has 0 radical (unpaired) electrons. The van der Waals surface area contributed by atoms with Crippen LogP contribution in [-0.2, 0) is 14.2 Å². The number of aliphatic hydroxyl groups excluding tert-OH is 2. The first kappa shape index (κ1) is 12.8. The lowest BCUT2D eigenvalue weighted by molar-refractivity contribution is -0.0734. The van der Waals surface area contributed by atoms with Crippen LogP contribution in [0.4, 0.5) is 0 Å². The summed E-state index contributed by atoms with van der Waals surface area (Å²) in [7, 11) is 1.60. The Morgan fingerprint density at radius 2 is 1.85 bits per heavy atom. The van der Waals surface area contributed by atoms with Gasteiger partial charge in [-0.25, -0.2) is 0 Å². The van der Waals surface area contributed by atoms with E-state index in [-0.39, 0.29) is 13.4 Å². The van der Waals surface area contributed by atoms with E-state index in [0.29, 0.717) is 26.2 Å². The third-order valence-electron chi connectivity index (χ3n) is 1.40. The molecule has 0 spiro atoms. The number of methoxy groups -OCH3 is 1. The molecule has 0 aromatic carbocycles. The highest BCUT2D eigenvalue weighted by Crippen LogP contribution is 1.90. The van der Waals surface area contributed by atoms with Gasteiger partial charge in [-0.2, -0.15) is 0 Å². The standard InChI is InChI=1S/C8H18O5/c1-11-4-5-13-7-12-3-2-8(10)6-9/h8-10H,2-7H2,1H3/t8-/m1/s1. The van der Waals surface area contributed by atoms with Gasteiger partial charge in [-0.05, 0) is 6.42 Å². The summed E-state index contributed by atoms with van der Waals surface area (Å²) in [4.78, 5) is 0. The van der Waals surface area contributed by atoms with Crippen LogP contribution in [0.15, 0.2) is 0 Å². The van der Waals surface area contributed by atoms with E-state index in [1.807, 2.05) is 0 Å². The molecular weight excluding hydrogens is 176 g/mol.